The van der Waals surface area contributed by atoms with Crippen LogP contribution in [0.4, 0.5) is 5.69 Å². The zero-order valence-corrected chi connectivity index (χ0v) is 14.1. The van der Waals surface area contributed by atoms with Crippen LogP contribution in [0.2, 0.25) is 5.02 Å². The van der Waals surface area contributed by atoms with Crippen molar-refractivity contribution in [3.63, 3.8) is 0 Å². The number of aryl methyl sites for hydroxylation is 1. The number of halogens is 2. The highest BCUT2D eigenvalue weighted by Gasteiger charge is 2.20. The fraction of sp³-hybridized carbons (Fsp3) is 0.231. The average molecular weight is 388 g/mol. The zero-order chi connectivity index (χ0) is 16.4. The molecule has 0 saturated heterocycles. The van der Waals surface area contributed by atoms with Crippen molar-refractivity contribution >= 4 is 39.1 Å². The van der Waals surface area contributed by atoms with E-state index in [1.54, 1.807) is 25.0 Å². The second kappa shape index (κ2) is 6.45. The van der Waals surface area contributed by atoms with Crippen LogP contribution in [0, 0.1) is 10.1 Å². The van der Waals surface area contributed by atoms with Crippen LogP contribution in [-0.4, -0.2) is 32.6 Å². The van der Waals surface area contributed by atoms with Crippen molar-refractivity contribution in [1.82, 2.24) is 14.7 Å². The maximum atomic E-state index is 12.4. The molecule has 0 N–H and O–H groups in total. The third kappa shape index (κ3) is 3.28. The number of carbonyl (C=O) groups excluding carboxylic acids is 1. The molecule has 0 aliphatic heterocycles. The summed E-state index contributed by atoms with van der Waals surface area (Å²) in [5.74, 6) is -0.340. The normalized spacial score (nSPS) is 10.5. The van der Waals surface area contributed by atoms with Gasteiger partial charge in [-0.15, -0.1) is 0 Å². The summed E-state index contributed by atoms with van der Waals surface area (Å²) in [6, 6.07) is 3.99. The van der Waals surface area contributed by atoms with E-state index in [4.69, 9.17) is 11.6 Å². The first-order chi connectivity index (χ1) is 10.3. The van der Waals surface area contributed by atoms with Gasteiger partial charge in [0.05, 0.1) is 27.8 Å². The van der Waals surface area contributed by atoms with Crippen molar-refractivity contribution in [2.75, 3.05) is 7.05 Å². The lowest BCUT2D eigenvalue weighted by Crippen LogP contribution is -2.27. The van der Waals surface area contributed by atoms with E-state index in [1.807, 2.05) is 0 Å². The Morgan fingerprint density at radius 2 is 2.23 bits per heavy atom. The van der Waals surface area contributed by atoms with Crippen molar-refractivity contribution in [1.29, 1.82) is 0 Å². The molecule has 7 nitrogen and oxygen atoms in total. The monoisotopic (exact) mass is 386 g/mol. The molecule has 22 heavy (non-hydrogen) atoms. The number of nitrogens with zero attached hydrogens (tertiary/aromatic N) is 4. The van der Waals surface area contributed by atoms with Crippen LogP contribution in [0.3, 0.4) is 0 Å². The van der Waals surface area contributed by atoms with E-state index in [0.29, 0.717) is 6.54 Å². The number of aromatic nitrogens is 2. The lowest BCUT2D eigenvalue weighted by molar-refractivity contribution is -0.384. The Hall–Kier alpha value is -1.93. The summed E-state index contributed by atoms with van der Waals surface area (Å²) in [6.07, 6.45) is 1.64. The van der Waals surface area contributed by atoms with Gasteiger partial charge in [0.1, 0.15) is 5.02 Å². The van der Waals surface area contributed by atoms with E-state index < -0.39 is 4.92 Å². The second-order valence-corrected chi connectivity index (χ2v) is 5.91. The molecule has 0 aliphatic rings. The number of rotatable bonds is 4. The minimum Gasteiger partial charge on any atom is -0.336 e. The summed E-state index contributed by atoms with van der Waals surface area (Å²) in [4.78, 5) is 24.1. The Labute approximate surface area is 139 Å². The maximum Gasteiger partial charge on any atom is 0.288 e. The quantitative estimate of drug-likeness (QED) is 0.596. The molecule has 0 fully saturated rings. The first-order valence-electron chi connectivity index (χ1n) is 6.17. The molecule has 2 rings (SSSR count). The van der Waals surface area contributed by atoms with E-state index in [0.717, 1.165) is 10.2 Å². The summed E-state index contributed by atoms with van der Waals surface area (Å²) in [6.45, 7) is 0.312. The van der Waals surface area contributed by atoms with Gasteiger partial charge in [-0.1, -0.05) is 11.6 Å². The van der Waals surface area contributed by atoms with Gasteiger partial charge in [0, 0.05) is 25.7 Å². The second-order valence-electron chi connectivity index (χ2n) is 4.65. The molecule has 1 heterocycles. The largest absolute Gasteiger partial charge is 0.336 e. The molecule has 9 heteroatoms. The smallest absolute Gasteiger partial charge is 0.288 e. The van der Waals surface area contributed by atoms with Crippen LogP contribution < -0.4 is 0 Å². The molecule has 1 aromatic carbocycles. The molecule has 1 amide bonds. The maximum absolute atomic E-state index is 12.4. The molecule has 0 saturated carbocycles. The van der Waals surface area contributed by atoms with Crippen molar-refractivity contribution in [2.24, 2.45) is 7.05 Å². The Bertz CT molecular complexity index is 727. The molecular formula is C13H12BrClN4O3. The Balaban J connectivity index is 2.24. The fourth-order valence-electron chi connectivity index (χ4n) is 1.92. The van der Waals surface area contributed by atoms with E-state index in [9.17, 15) is 14.9 Å². The SMILES string of the molecule is CN(Cc1c(Br)cnn1C)C(=O)c1ccc(Cl)c([N+](=O)[O-])c1. The Morgan fingerprint density at radius 1 is 1.55 bits per heavy atom. The third-order valence-corrected chi connectivity index (χ3v) is 4.12. The molecule has 1 aromatic heterocycles. The van der Waals surface area contributed by atoms with E-state index >= 15 is 0 Å². The van der Waals surface area contributed by atoms with Crippen LogP contribution in [-0.2, 0) is 13.6 Å². The van der Waals surface area contributed by atoms with Gasteiger partial charge in [-0.2, -0.15) is 5.10 Å². The number of nitro groups is 1. The summed E-state index contributed by atoms with van der Waals surface area (Å²) >= 11 is 9.11. The first-order valence-corrected chi connectivity index (χ1v) is 7.34. The zero-order valence-electron chi connectivity index (χ0n) is 11.8. The van der Waals surface area contributed by atoms with Crippen LogP contribution in [0.1, 0.15) is 16.1 Å². The lowest BCUT2D eigenvalue weighted by atomic mass is 10.1. The minimum absolute atomic E-state index is 0.00131. The van der Waals surface area contributed by atoms with Gasteiger partial charge in [0.15, 0.2) is 0 Å². The molecule has 0 spiro atoms. The van der Waals surface area contributed by atoms with Crippen LogP contribution >= 0.6 is 27.5 Å². The van der Waals surface area contributed by atoms with Crippen molar-refractivity contribution < 1.29 is 9.72 Å². The predicted octanol–water partition coefficient (Wildman–Crippen LogP) is 3.02. The minimum atomic E-state index is -0.614. The molecule has 0 radical (unpaired) electrons. The van der Waals surface area contributed by atoms with Crippen molar-refractivity contribution in [3.8, 4) is 0 Å². The molecule has 0 unspecified atom stereocenters. The standard InChI is InChI=1S/C13H12BrClN4O3/c1-17(7-12-9(14)6-16-18(12)2)13(20)8-3-4-10(15)11(5-8)19(21)22/h3-6H,7H2,1-2H3. The van der Waals surface area contributed by atoms with Gasteiger partial charge in [0.25, 0.3) is 11.6 Å². The van der Waals surface area contributed by atoms with Gasteiger partial charge < -0.3 is 4.90 Å². The van der Waals surface area contributed by atoms with Crippen LogP contribution in [0.15, 0.2) is 28.9 Å². The molecule has 2 aromatic rings. The third-order valence-electron chi connectivity index (χ3n) is 3.13. The van der Waals surface area contributed by atoms with Crippen molar-refractivity contribution in [2.45, 2.75) is 6.54 Å². The number of hydrogen-bond acceptors (Lipinski definition) is 4. The van der Waals surface area contributed by atoms with Crippen LogP contribution in [0.5, 0.6) is 0 Å². The molecule has 0 aliphatic carbocycles. The number of carbonyl (C=O) groups is 1. The van der Waals surface area contributed by atoms with E-state index in [-0.39, 0.29) is 22.2 Å². The summed E-state index contributed by atoms with van der Waals surface area (Å²) in [7, 11) is 3.38. The summed E-state index contributed by atoms with van der Waals surface area (Å²) < 4.78 is 2.44. The molecule has 116 valence electrons. The Kier molecular flexibility index (Phi) is 4.82. The predicted molar refractivity (Wildman–Crippen MR) is 84.8 cm³/mol. The van der Waals surface area contributed by atoms with Crippen molar-refractivity contribution in [3.05, 3.63) is 55.3 Å². The first kappa shape index (κ1) is 16.4. The highest BCUT2D eigenvalue weighted by molar-refractivity contribution is 9.10. The van der Waals surface area contributed by atoms with E-state index in [1.165, 1.54) is 23.1 Å². The summed E-state index contributed by atoms with van der Waals surface area (Å²) in [5, 5.41) is 15.0. The number of benzene rings is 1. The van der Waals surface area contributed by atoms with E-state index in [2.05, 4.69) is 21.0 Å². The molecule has 0 atom stereocenters. The topological polar surface area (TPSA) is 81.3 Å². The van der Waals surface area contributed by atoms with Gasteiger partial charge in [-0.3, -0.25) is 19.6 Å². The van der Waals surface area contributed by atoms with Gasteiger partial charge in [0.2, 0.25) is 0 Å². The number of amides is 1. The number of hydrogen-bond donors (Lipinski definition) is 0. The van der Waals surface area contributed by atoms with Gasteiger partial charge >= 0.3 is 0 Å². The molecular weight excluding hydrogens is 376 g/mol. The average Bonchev–Trinajstić information content (AvgIpc) is 2.78. The fourth-order valence-corrected chi connectivity index (χ4v) is 2.58. The van der Waals surface area contributed by atoms with Gasteiger partial charge in [-0.05, 0) is 28.1 Å². The van der Waals surface area contributed by atoms with Crippen LogP contribution in [0.25, 0.3) is 0 Å². The number of nitro benzene ring substituents is 1. The lowest BCUT2D eigenvalue weighted by Gasteiger charge is -2.17. The molecule has 0 bridgehead atoms. The highest BCUT2D eigenvalue weighted by Crippen LogP contribution is 2.26. The van der Waals surface area contributed by atoms with Gasteiger partial charge in [-0.25, -0.2) is 0 Å². The Morgan fingerprint density at radius 3 is 2.77 bits per heavy atom. The summed E-state index contributed by atoms with van der Waals surface area (Å²) in [5.41, 5.74) is 0.735. The highest BCUT2D eigenvalue weighted by atomic mass is 79.9.